The second kappa shape index (κ2) is 6.62. The molecule has 24 heavy (non-hydrogen) atoms. The van der Waals surface area contributed by atoms with Crippen LogP contribution in [0.5, 0.6) is 11.5 Å². The zero-order chi connectivity index (χ0) is 17.1. The second-order valence-corrected chi connectivity index (χ2v) is 5.65. The van der Waals surface area contributed by atoms with E-state index in [9.17, 15) is 4.79 Å². The lowest BCUT2D eigenvalue weighted by Crippen LogP contribution is -2.20. The Morgan fingerprint density at radius 1 is 1.08 bits per heavy atom. The summed E-state index contributed by atoms with van der Waals surface area (Å²) in [6, 6.07) is 12.9. The zero-order valence-corrected chi connectivity index (χ0v) is 13.9. The number of nitrogens with zero attached hydrogens (tertiary/aromatic N) is 2. The van der Waals surface area contributed by atoms with Crippen molar-refractivity contribution in [3.8, 4) is 11.5 Å². The number of carbonyl (C=O) groups excluding carboxylic acids is 1. The molecule has 0 aromatic heterocycles. The molecule has 0 saturated heterocycles. The van der Waals surface area contributed by atoms with Gasteiger partial charge in [0, 0.05) is 30.9 Å². The van der Waals surface area contributed by atoms with E-state index >= 15 is 0 Å². The highest BCUT2D eigenvalue weighted by molar-refractivity contribution is 6.01. The van der Waals surface area contributed by atoms with Crippen molar-refractivity contribution >= 4 is 17.3 Å². The lowest BCUT2D eigenvalue weighted by atomic mass is 10.1. The number of ether oxygens (including phenoxy) is 2. The average Bonchev–Trinajstić information content (AvgIpc) is 3.07. The van der Waals surface area contributed by atoms with Crippen LogP contribution >= 0.6 is 0 Å². The first kappa shape index (κ1) is 15.9. The van der Waals surface area contributed by atoms with E-state index in [2.05, 4.69) is 10.5 Å². The van der Waals surface area contributed by atoms with Gasteiger partial charge in [0.05, 0.1) is 5.71 Å². The molecule has 1 aliphatic heterocycles. The zero-order valence-electron chi connectivity index (χ0n) is 13.9. The maximum atomic E-state index is 12.3. The molecule has 0 unspecified atom stereocenters. The van der Waals surface area contributed by atoms with Crippen LogP contribution in [-0.2, 0) is 0 Å². The van der Waals surface area contributed by atoms with Gasteiger partial charge in [-0.1, -0.05) is 6.07 Å². The first-order valence-electron chi connectivity index (χ1n) is 7.56. The minimum Gasteiger partial charge on any atom is -0.454 e. The maximum Gasteiger partial charge on any atom is 0.271 e. The molecule has 0 atom stereocenters. The lowest BCUT2D eigenvalue weighted by molar-refractivity contribution is 0.0955. The average molecular weight is 325 g/mol. The Bertz CT molecular complexity index is 800. The first-order valence-corrected chi connectivity index (χ1v) is 7.56. The number of nitrogens with one attached hydrogen (secondary N) is 1. The second-order valence-electron chi connectivity index (χ2n) is 5.65. The fraction of sp³-hybridized carbons (Fsp3) is 0.222. The van der Waals surface area contributed by atoms with Crippen LogP contribution in [0.2, 0.25) is 0 Å². The minimum atomic E-state index is -0.251. The number of fused-ring (bicyclic) bond motifs is 1. The first-order chi connectivity index (χ1) is 11.5. The Morgan fingerprint density at radius 3 is 2.67 bits per heavy atom. The summed E-state index contributed by atoms with van der Waals surface area (Å²) in [7, 11) is 3.86. The van der Waals surface area contributed by atoms with Crippen molar-refractivity contribution in [2.75, 3.05) is 25.8 Å². The van der Waals surface area contributed by atoms with Crippen LogP contribution < -0.4 is 19.8 Å². The van der Waals surface area contributed by atoms with Crippen LogP contribution in [0.4, 0.5) is 5.69 Å². The van der Waals surface area contributed by atoms with Crippen LogP contribution in [0.15, 0.2) is 47.6 Å². The topological polar surface area (TPSA) is 63.2 Å². The van der Waals surface area contributed by atoms with E-state index in [1.807, 2.05) is 62.3 Å². The SMILES string of the molecule is C/C(=N\NC(=O)c1cccc(N(C)C)c1)c1ccc2c(c1)OCO2. The Kier molecular flexibility index (Phi) is 4.37. The Morgan fingerprint density at radius 2 is 1.88 bits per heavy atom. The third-order valence-corrected chi connectivity index (χ3v) is 3.74. The van der Waals surface area contributed by atoms with Gasteiger partial charge < -0.3 is 14.4 Å². The molecule has 124 valence electrons. The van der Waals surface area contributed by atoms with Crippen molar-refractivity contribution in [3.63, 3.8) is 0 Å². The maximum absolute atomic E-state index is 12.3. The summed E-state index contributed by atoms with van der Waals surface area (Å²) in [5.41, 5.74) is 5.65. The van der Waals surface area contributed by atoms with Crippen molar-refractivity contribution in [3.05, 3.63) is 53.6 Å². The highest BCUT2D eigenvalue weighted by atomic mass is 16.7. The highest BCUT2D eigenvalue weighted by Gasteiger charge is 2.14. The van der Waals surface area contributed by atoms with Crippen LogP contribution in [0.1, 0.15) is 22.8 Å². The van der Waals surface area contributed by atoms with Crippen molar-refractivity contribution in [1.29, 1.82) is 0 Å². The molecule has 1 amide bonds. The molecule has 2 aromatic rings. The van der Waals surface area contributed by atoms with Crippen molar-refractivity contribution in [1.82, 2.24) is 5.43 Å². The smallest absolute Gasteiger partial charge is 0.271 e. The molecule has 6 heteroatoms. The Hall–Kier alpha value is -3.02. The van der Waals surface area contributed by atoms with Gasteiger partial charge >= 0.3 is 0 Å². The number of rotatable bonds is 4. The molecule has 0 saturated carbocycles. The molecular formula is C18H19N3O3. The molecule has 0 fully saturated rings. The molecule has 1 aliphatic rings. The number of hydrazone groups is 1. The summed E-state index contributed by atoms with van der Waals surface area (Å²) in [5.74, 6) is 1.15. The Balaban J connectivity index is 1.72. The van der Waals surface area contributed by atoms with E-state index in [0.29, 0.717) is 17.0 Å². The van der Waals surface area contributed by atoms with E-state index in [0.717, 1.165) is 17.0 Å². The van der Waals surface area contributed by atoms with Gasteiger partial charge in [0.15, 0.2) is 11.5 Å². The van der Waals surface area contributed by atoms with Gasteiger partial charge in [-0.25, -0.2) is 5.43 Å². The highest BCUT2D eigenvalue weighted by Crippen LogP contribution is 2.32. The number of hydrogen-bond acceptors (Lipinski definition) is 5. The predicted molar refractivity (Wildman–Crippen MR) is 93.0 cm³/mol. The van der Waals surface area contributed by atoms with E-state index in [-0.39, 0.29) is 12.7 Å². The monoisotopic (exact) mass is 325 g/mol. The number of benzene rings is 2. The van der Waals surface area contributed by atoms with Crippen molar-refractivity contribution in [2.45, 2.75) is 6.92 Å². The standard InChI is InChI=1S/C18H19N3O3/c1-12(13-7-8-16-17(10-13)24-11-23-16)19-20-18(22)14-5-4-6-15(9-14)21(2)3/h4-10H,11H2,1-3H3,(H,20,22)/b19-12+. The number of carbonyl (C=O) groups is 1. The molecule has 6 nitrogen and oxygen atoms in total. The normalized spacial score (nSPS) is 12.9. The molecule has 0 spiro atoms. The van der Waals surface area contributed by atoms with Gasteiger partial charge in [-0.2, -0.15) is 5.10 Å². The number of amides is 1. The van der Waals surface area contributed by atoms with E-state index in [1.54, 1.807) is 6.07 Å². The summed E-state index contributed by atoms with van der Waals surface area (Å²) < 4.78 is 10.6. The van der Waals surface area contributed by atoms with Crippen LogP contribution in [-0.4, -0.2) is 32.5 Å². The molecule has 1 heterocycles. The van der Waals surface area contributed by atoms with Crippen LogP contribution in [0.3, 0.4) is 0 Å². The summed E-state index contributed by atoms with van der Waals surface area (Å²) in [6.07, 6.45) is 0. The number of hydrogen-bond donors (Lipinski definition) is 1. The van der Waals surface area contributed by atoms with Gasteiger partial charge in [0.2, 0.25) is 6.79 Å². The number of anilines is 1. The molecule has 0 radical (unpaired) electrons. The largest absolute Gasteiger partial charge is 0.454 e. The van der Waals surface area contributed by atoms with Gasteiger partial charge in [0.1, 0.15) is 0 Å². The minimum absolute atomic E-state index is 0.230. The van der Waals surface area contributed by atoms with E-state index in [1.165, 1.54) is 0 Å². The lowest BCUT2D eigenvalue weighted by Gasteiger charge is -2.13. The van der Waals surface area contributed by atoms with Gasteiger partial charge in [-0.15, -0.1) is 0 Å². The molecular weight excluding hydrogens is 306 g/mol. The fourth-order valence-electron chi connectivity index (χ4n) is 2.31. The van der Waals surface area contributed by atoms with Gasteiger partial charge in [-0.3, -0.25) is 4.79 Å². The quantitative estimate of drug-likeness (QED) is 0.693. The molecule has 1 N–H and O–H groups in total. The van der Waals surface area contributed by atoms with Crippen LogP contribution in [0, 0.1) is 0 Å². The van der Waals surface area contributed by atoms with Gasteiger partial charge in [-0.05, 0) is 43.3 Å². The summed E-state index contributed by atoms with van der Waals surface area (Å²) >= 11 is 0. The Labute approximate surface area is 140 Å². The summed E-state index contributed by atoms with van der Waals surface area (Å²) in [5, 5.41) is 4.18. The van der Waals surface area contributed by atoms with Crippen LogP contribution in [0.25, 0.3) is 0 Å². The summed E-state index contributed by atoms with van der Waals surface area (Å²) in [6.45, 7) is 2.06. The van der Waals surface area contributed by atoms with Crippen molar-refractivity contribution in [2.24, 2.45) is 5.10 Å². The van der Waals surface area contributed by atoms with E-state index in [4.69, 9.17) is 9.47 Å². The molecule has 2 aromatic carbocycles. The van der Waals surface area contributed by atoms with Gasteiger partial charge in [0.25, 0.3) is 5.91 Å². The van der Waals surface area contributed by atoms with Crippen molar-refractivity contribution < 1.29 is 14.3 Å². The third kappa shape index (κ3) is 3.32. The molecule has 0 aliphatic carbocycles. The van der Waals surface area contributed by atoms with E-state index < -0.39 is 0 Å². The summed E-state index contributed by atoms with van der Waals surface area (Å²) in [4.78, 5) is 14.2. The fourth-order valence-corrected chi connectivity index (χ4v) is 2.31. The molecule has 3 rings (SSSR count). The molecule has 0 bridgehead atoms. The predicted octanol–water partition coefficient (Wildman–Crippen LogP) is 2.64. The third-order valence-electron chi connectivity index (χ3n) is 3.74.